The summed E-state index contributed by atoms with van der Waals surface area (Å²) in [4.78, 5) is 26.5. The average molecular weight is 294 g/mol. The molecule has 1 aromatic heterocycles. The molecule has 2 heterocycles. The fourth-order valence-corrected chi connectivity index (χ4v) is 3.40. The van der Waals surface area contributed by atoms with E-state index in [4.69, 9.17) is 0 Å². The Bertz CT molecular complexity index is 526. The van der Waals surface area contributed by atoms with Crippen LogP contribution in [0, 0.1) is 0 Å². The van der Waals surface area contributed by atoms with Crippen LogP contribution >= 0.6 is 11.3 Å². The molecule has 0 saturated heterocycles. The van der Waals surface area contributed by atoms with Crippen molar-refractivity contribution in [3.63, 3.8) is 0 Å². The smallest absolute Gasteiger partial charge is 0.325 e. The number of carboxylic acid groups (broad SMARTS) is 1. The third-order valence-electron chi connectivity index (χ3n) is 3.53. The Morgan fingerprint density at radius 3 is 3.10 bits per heavy atom. The lowest BCUT2D eigenvalue weighted by atomic mass is 9.98. The number of rotatable bonds is 5. The lowest BCUT2D eigenvalue weighted by Gasteiger charge is -2.36. The van der Waals surface area contributed by atoms with E-state index in [2.05, 4.69) is 11.9 Å². The third-order valence-corrected chi connectivity index (χ3v) is 4.53. The molecule has 0 spiro atoms. The lowest BCUT2D eigenvalue weighted by molar-refractivity contribution is -0.146. The molecule has 1 aromatic rings. The molecule has 0 fully saturated rings. The average Bonchev–Trinajstić information content (AvgIpc) is 2.90. The molecule has 20 heavy (non-hydrogen) atoms. The van der Waals surface area contributed by atoms with Crippen molar-refractivity contribution in [3.8, 4) is 0 Å². The highest BCUT2D eigenvalue weighted by atomic mass is 32.1. The maximum Gasteiger partial charge on any atom is 0.325 e. The number of carbonyl (C=O) groups excluding carboxylic acids is 1. The minimum Gasteiger partial charge on any atom is -0.480 e. The molecule has 2 unspecified atom stereocenters. The van der Waals surface area contributed by atoms with E-state index in [1.807, 2.05) is 11.4 Å². The number of hydrogen-bond donors (Lipinski definition) is 2. The molecule has 0 aliphatic carbocycles. The Kier molecular flexibility index (Phi) is 4.57. The molecule has 2 atom stereocenters. The van der Waals surface area contributed by atoms with Gasteiger partial charge in [-0.2, -0.15) is 0 Å². The summed E-state index contributed by atoms with van der Waals surface area (Å²) in [7, 11) is 0. The van der Waals surface area contributed by atoms with E-state index in [-0.39, 0.29) is 5.91 Å². The highest BCUT2D eigenvalue weighted by Gasteiger charge is 2.38. The highest BCUT2D eigenvalue weighted by molar-refractivity contribution is 7.10. The van der Waals surface area contributed by atoms with Gasteiger partial charge in [-0.3, -0.25) is 14.5 Å². The SMILES string of the molecule is C=CCNC(=O)C(C)N1CCc2sccc2C1C(=O)O. The van der Waals surface area contributed by atoms with Crippen LogP contribution in [-0.2, 0) is 16.0 Å². The molecule has 5 nitrogen and oxygen atoms in total. The van der Waals surface area contributed by atoms with Gasteiger partial charge in [0.05, 0.1) is 6.04 Å². The van der Waals surface area contributed by atoms with E-state index in [1.165, 1.54) is 0 Å². The topological polar surface area (TPSA) is 69.6 Å². The second-order valence-corrected chi connectivity index (χ2v) is 5.74. The van der Waals surface area contributed by atoms with Gasteiger partial charge in [0, 0.05) is 18.0 Å². The first-order valence-corrected chi connectivity index (χ1v) is 7.37. The van der Waals surface area contributed by atoms with E-state index in [0.717, 1.165) is 16.9 Å². The van der Waals surface area contributed by atoms with Gasteiger partial charge in [0.15, 0.2) is 0 Å². The van der Waals surface area contributed by atoms with Crippen LogP contribution < -0.4 is 5.32 Å². The predicted octanol–water partition coefficient (Wildman–Crippen LogP) is 1.42. The quantitative estimate of drug-likeness (QED) is 0.806. The number of nitrogens with one attached hydrogen (secondary N) is 1. The summed E-state index contributed by atoms with van der Waals surface area (Å²) < 4.78 is 0. The summed E-state index contributed by atoms with van der Waals surface area (Å²) in [5, 5.41) is 14.1. The van der Waals surface area contributed by atoms with Crippen molar-refractivity contribution in [2.45, 2.75) is 25.4 Å². The fraction of sp³-hybridized carbons (Fsp3) is 0.429. The molecule has 1 aliphatic rings. The second-order valence-electron chi connectivity index (χ2n) is 4.74. The van der Waals surface area contributed by atoms with E-state index in [9.17, 15) is 14.7 Å². The van der Waals surface area contributed by atoms with E-state index >= 15 is 0 Å². The van der Waals surface area contributed by atoms with Gasteiger partial charge < -0.3 is 10.4 Å². The van der Waals surface area contributed by atoms with Gasteiger partial charge in [-0.25, -0.2) is 0 Å². The number of aliphatic carboxylic acids is 1. The van der Waals surface area contributed by atoms with Crippen LogP contribution in [0.5, 0.6) is 0 Å². The minimum atomic E-state index is -0.910. The molecule has 0 aromatic carbocycles. The first kappa shape index (κ1) is 14.7. The summed E-state index contributed by atoms with van der Waals surface area (Å²) in [5.41, 5.74) is 0.817. The molecule has 1 aliphatic heterocycles. The Balaban J connectivity index is 2.21. The first-order chi connectivity index (χ1) is 9.56. The molecular formula is C14H18N2O3S. The van der Waals surface area contributed by atoms with Crippen LogP contribution in [0.1, 0.15) is 23.4 Å². The normalized spacial score (nSPS) is 19.9. The number of carbonyl (C=O) groups is 2. The summed E-state index contributed by atoms with van der Waals surface area (Å²) in [5.74, 6) is -1.08. The number of carboxylic acids is 1. The van der Waals surface area contributed by atoms with Crippen molar-refractivity contribution < 1.29 is 14.7 Å². The number of nitrogens with zero attached hydrogens (tertiary/aromatic N) is 1. The summed E-state index contributed by atoms with van der Waals surface area (Å²) in [6.45, 7) is 6.26. The van der Waals surface area contributed by atoms with Gasteiger partial charge in [-0.15, -0.1) is 17.9 Å². The fourth-order valence-electron chi connectivity index (χ4n) is 2.50. The largest absolute Gasteiger partial charge is 0.480 e. The molecule has 6 heteroatoms. The van der Waals surface area contributed by atoms with Crippen LogP contribution in [0.4, 0.5) is 0 Å². The van der Waals surface area contributed by atoms with Crippen molar-refractivity contribution in [1.82, 2.24) is 10.2 Å². The van der Waals surface area contributed by atoms with Crippen molar-refractivity contribution in [2.75, 3.05) is 13.1 Å². The molecule has 1 amide bonds. The molecule has 0 radical (unpaired) electrons. The van der Waals surface area contributed by atoms with Gasteiger partial charge in [-0.1, -0.05) is 6.08 Å². The zero-order valence-corrected chi connectivity index (χ0v) is 12.2. The molecule has 2 rings (SSSR count). The number of fused-ring (bicyclic) bond motifs is 1. The van der Waals surface area contributed by atoms with Crippen LogP contribution in [0.2, 0.25) is 0 Å². The zero-order chi connectivity index (χ0) is 14.7. The van der Waals surface area contributed by atoms with E-state index in [1.54, 1.807) is 29.2 Å². The minimum absolute atomic E-state index is 0.171. The molecular weight excluding hydrogens is 276 g/mol. The van der Waals surface area contributed by atoms with E-state index < -0.39 is 18.1 Å². The van der Waals surface area contributed by atoms with Gasteiger partial charge in [0.25, 0.3) is 0 Å². The lowest BCUT2D eigenvalue weighted by Crippen LogP contribution is -2.50. The number of thiophene rings is 1. The van der Waals surface area contributed by atoms with Crippen LogP contribution in [0.3, 0.4) is 0 Å². The predicted molar refractivity (Wildman–Crippen MR) is 77.8 cm³/mol. The standard InChI is InChI=1S/C14H18N2O3S/c1-3-6-15-13(17)9(2)16-7-4-11-10(5-8-20-11)12(16)14(18)19/h3,5,8-9,12H,1,4,6-7H2,2H3,(H,15,17)(H,18,19). The number of amides is 1. The number of hydrogen-bond acceptors (Lipinski definition) is 4. The zero-order valence-electron chi connectivity index (χ0n) is 11.3. The summed E-state index contributed by atoms with van der Waals surface area (Å²) in [6, 6.07) is 0.623. The Morgan fingerprint density at radius 2 is 2.45 bits per heavy atom. The Morgan fingerprint density at radius 1 is 1.70 bits per heavy atom. The molecule has 0 bridgehead atoms. The van der Waals surface area contributed by atoms with Gasteiger partial charge >= 0.3 is 5.97 Å². The summed E-state index contributed by atoms with van der Waals surface area (Å²) in [6.07, 6.45) is 2.39. The van der Waals surface area contributed by atoms with Crippen LogP contribution in [0.15, 0.2) is 24.1 Å². The van der Waals surface area contributed by atoms with Crippen LogP contribution in [-0.4, -0.2) is 41.0 Å². The van der Waals surface area contributed by atoms with Gasteiger partial charge in [0.2, 0.25) is 5.91 Å². The van der Waals surface area contributed by atoms with Crippen molar-refractivity contribution in [3.05, 3.63) is 34.5 Å². The monoisotopic (exact) mass is 294 g/mol. The third kappa shape index (κ3) is 2.76. The summed E-state index contributed by atoms with van der Waals surface area (Å²) >= 11 is 1.58. The second kappa shape index (κ2) is 6.19. The Labute approximate surface area is 121 Å². The van der Waals surface area contributed by atoms with Gasteiger partial charge in [0.1, 0.15) is 6.04 Å². The van der Waals surface area contributed by atoms with Gasteiger partial charge in [-0.05, 0) is 30.4 Å². The van der Waals surface area contributed by atoms with Crippen LogP contribution in [0.25, 0.3) is 0 Å². The Hall–Kier alpha value is -1.66. The highest BCUT2D eigenvalue weighted by Crippen LogP contribution is 2.34. The molecule has 2 N–H and O–H groups in total. The molecule has 108 valence electrons. The van der Waals surface area contributed by atoms with Crippen molar-refractivity contribution in [1.29, 1.82) is 0 Å². The van der Waals surface area contributed by atoms with E-state index in [0.29, 0.717) is 13.1 Å². The first-order valence-electron chi connectivity index (χ1n) is 6.49. The maximum absolute atomic E-state index is 12.0. The van der Waals surface area contributed by atoms with Crippen molar-refractivity contribution in [2.24, 2.45) is 0 Å². The van der Waals surface area contributed by atoms with Crippen molar-refractivity contribution >= 4 is 23.2 Å². The molecule has 0 saturated carbocycles. The maximum atomic E-state index is 12.0.